The van der Waals surface area contributed by atoms with Gasteiger partial charge in [0.25, 0.3) is 0 Å². The number of nitrogens with two attached hydrogens (primary N) is 1. The van der Waals surface area contributed by atoms with Crippen molar-refractivity contribution in [3.8, 4) is 0 Å². The van der Waals surface area contributed by atoms with Crippen LogP contribution in [0.3, 0.4) is 0 Å². The zero-order chi connectivity index (χ0) is 9.68. The van der Waals surface area contributed by atoms with E-state index in [2.05, 4.69) is 18.7 Å². The van der Waals surface area contributed by atoms with E-state index in [4.69, 9.17) is 5.73 Å². The van der Waals surface area contributed by atoms with E-state index in [0.717, 1.165) is 5.92 Å². The second kappa shape index (κ2) is 7.49. The standard InChI is InChI=1S/C11H24N2.ClH/c1-10(2)4-3-7-13-8-5-11(12)6-9-13;/h10-11H,3-9,12H2,1-2H3;1H. The van der Waals surface area contributed by atoms with Gasteiger partial charge in [-0.15, -0.1) is 12.4 Å². The molecule has 1 rings (SSSR count). The van der Waals surface area contributed by atoms with E-state index in [-0.39, 0.29) is 12.4 Å². The van der Waals surface area contributed by atoms with Crippen molar-refractivity contribution < 1.29 is 0 Å². The van der Waals surface area contributed by atoms with Crippen LogP contribution in [0.2, 0.25) is 0 Å². The van der Waals surface area contributed by atoms with Crippen LogP contribution in [0, 0.1) is 5.92 Å². The Labute approximate surface area is 94.6 Å². The number of halogens is 1. The van der Waals surface area contributed by atoms with Gasteiger partial charge in [0.1, 0.15) is 0 Å². The molecule has 0 unspecified atom stereocenters. The predicted octanol–water partition coefficient (Wildman–Crippen LogP) is 2.27. The van der Waals surface area contributed by atoms with Gasteiger partial charge in [-0.3, -0.25) is 0 Å². The Bertz CT molecular complexity index is 131. The molecule has 1 aliphatic rings. The van der Waals surface area contributed by atoms with Crippen molar-refractivity contribution in [1.82, 2.24) is 4.90 Å². The summed E-state index contributed by atoms with van der Waals surface area (Å²) in [5.41, 5.74) is 5.85. The van der Waals surface area contributed by atoms with Crippen molar-refractivity contribution in [2.24, 2.45) is 11.7 Å². The number of rotatable bonds is 4. The quantitative estimate of drug-likeness (QED) is 0.788. The first-order valence-electron chi connectivity index (χ1n) is 5.66. The summed E-state index contributed by atoms with van der Waals surface area (Å²) in [4.78, 5) is 2.56. The van der Waals surface area contributed by atoms with E-state index in [1.165, 1.54) is 45.3 Å². The second-order valence-electron chi connectivity index (χ2n) is 4.72. The summed E-state index contributed by atoms with van der Waals surface area (Å²) in [6.45, 7) is 8.32. The van der Waals surface area contributed by atoms with Gasteiger partial charge in [0.2, 0.25) is 0 Å². The molecule has 1 fully saturated rings. The summed E-state index contributed by atoms with van der Waals surface area (Å²) in [6, 6.07) is 0.473. The van der Waals surface area contributed by atoms with Crippen molar-refractivity contribution in [3.05, 3.63) is 0 Å². The normalized spacial score (nSPS) is 19.7. The Morgan fingerprint density at radius 3 is 2.36 bits per heavy atom. The molecule has 0 amide bonds. The summed E-state index contributed by atoms with van der Waals surface area (Å²) in [5, 5.41) is 0. The highest BCUT2D eigenvalue weighted by molar-refractivity contribution is 5.85. The molecule has 86 valence electrons. The van der Waals surface area contributed by atoms with Gasteiger partial charge in [0.05, 0.1) is 0 Å². The van der Waals surface area contributed by atoms with Gasteiger partial charge in [-0.2, -0.15) is 0 Å². The van der Waals surface area contributed by atoms with E-state index < -0.39 is 0 Å². The highest BCUT2D eigenvalue weighted by Crippen LogP contribution is 2.10. The number of nitrogens with zero attached hydrogens (tertiary/aromatic N) is 1. The smallest absolute Gasteiger partial charge is 0.00631 e. The largest absolute Gasteiger partial charge is 0.328 e. The van der Waals surface area contributed by atoms with Crippen LogP contribution in [-0.4, -0.2) is 30.6 Å². The highest BCUT2D eigenvalue weighted by Gasteiger charge is 2.14. The van der Waals surface area contributed by atoms with Crippen molar-refractivity contribution >= 4 is 12.4 Å². The molecule has 1 saturated heterocycles. The number of hydrogen-bond acceptors (Lipinski definition) is 2. The van der Waals surface area contributed by atoms with Crippen LogP contribution in [0.15, 0.2) is 0 Å². The highest BCUT2D eigenvalue weighted by atomic mass is 35.5. The minimum absolute atomic E-state index is 0. The zero-order valence-electron chi connectivity index (χ0n) is 9.54. The molecule has 0 aliphatic carbocycles. The fourth-order valence-corrected chi connectivity index (χ4v) is 1.90. The average Bonchev–Trinajstić information content (AvgIpc) is 2.08. The van der Waals surface area contributed by atoms with Gasteiger partial charge in [0.15, 0.2) is 0 Å². The third-order valence-electron chi connectivity index (χ3n) is 2.89. The zero-order valence-corrected chi connectivity index (χ0v) is 10.4. The third kappa shape index (κ3) is 5.84. The predicted molar refractivity (Wildman–Crippen MR) is 65.0 cm³/mol. The van der Waals surface area contributed by atoms with Crippen LogP contribution in [-0.2, 0) is 0 Å². The van der Waals surface area contributed by atoms with Crippen LogP contribution < -0.4 is 5.73 Å². The molecule has 0 aromatic heterocycles. The van der Waals surface area contributed by atoms with E-state index >= 15 is 0 Å². The molecular weight excluding hydrogens is 196 g/mol. The fourth-order valence-electron chi connectivity index (χ4n) is 1.90. The van der Waals surface area contributed by atoms with Crippen LogP contribution >= 0.6 is 12.4 Å². The molecule has 0 spiro atoms. The molecule has 0 radical (unpaired) electrons. The monoisotopic (exact) mass is 220 g/mol. The Kier molecular flexibility index (Phi) is 7.61. The molecule has 0 atom stereocenters. The van der Waals surface area contributed by atoms with E-state index in [1.54, 1.807) is 0 Å². The van der Waals surface area contributed by atoms with Crippen molar-refractivity contribution in [1.29, 1.82) is 0 Å². The topological polar surface area (TPSA) is 29.3 Å². The first-order chi connectivity index (χ1) is 6.18. The lowest BCUT2D eigenvalue weighted by molar-refractivity contribution is 0.207. The Balaban J connectivity index is 0.00000169. The summed E-state index contributed by atoms with van der Waals surface area (Å²) < 4.78 is 0. The van der Waals surface area contributed by atoms with Gasteiger partial charge >= 0.3 is 0 Å². The van der Waals surface area contributed by atoms with Gasteiger partial charge in [-0.05, 0) is 51.2 Å². The maximum Gasteiger partial charge on any atom is 0.00631 e. The van der Waals surface area contributed by atoms with Gasteiger partial charge in [-0.25, -0.2) is 0 Å². The average molecular weight is 221 g/mol. The molecule has 1 heterocycles. The lowest BCUT2D eigenvalue weighted by atomic mass is 10.0. The molecule has 2 nitrogen and oxygen atoms in total. The number of piperidine rings is 1. The molecule has 0 aromatic rings. The number of likely N-dealkylation sites (tertiary alicyclic amines) is 1. The third-order valence-corrected chi connectivity index (χ3v) is 2.89. The summed E-state index contributed by atoms with van der Waals surface area (Å²) in [6.07, 6.45) is 5.11. The Morgan fingerprint density at radius 1 is 1.29 bits per heavy atom. The van der Waals surface area contributed by atoms with Crippen LogP contribution in [0.5, 0.6) is 0 Å². The lowest BCUT2D eigenvalue weighted by Crippen LogP contribution is -2.40. The first kappa shape index (κ1) is 14.2. The second-order valence-corrected chi connectivity index (χ2v) is 4.72. The minimum Gasteiger partial charge on any atom is -0.328 e. The summed E-state index contributed by atoms with van der Waals surface area (Å²) in [7, 11) is 0. The maximum absolute atomic E-state index is 5.85. The van der Waals surface area contributed by atoms with Gasteiger partial charge < -0.3 is 10.6 Å². The summed E-state index contributed by atoms with van der Waals surface area (Å²) >= 11 is 0. The van der Waals surface area contributed by atoms with Crippen LogP contribution in [0.1, 0.15) is 39.5 Å². The van der Waals surface area contributed by atoms with E-state index in [1.807, 2.05) is 0 Å². The molecule has 0 saturated carbocycles. The van der Waals surface area contributed by atoms with Crippen LogP contribution in [0.25, 0.3) is 0 Å². The Morgan fingerprint density at radius 2 is 1.86 bits per heavy atom. The van der Waals surface area contributed by atoms with E-state index in [9.17, 15) is 0 Å². The lowest BCUT2D eigenvalue weighted by Gasteiger charge is -2.30. The molecule has 0 bridgehead atoms. The van der Waals surface area contributed by atoms with Crippen molar-refractivity contribution in [2.75, 3.05) is 19.6 Å². The molecule has 3 heteroatoms. The molecule has 1 aliphatic heterocycles. The molecule has 0 aromatic carbocycles. The van der Waals surface area contributed by atoms with Gasteiger partial charge in [-0.1, -0.05) is 13.8 Å². The fraction of sp³-hybridized carbons (Fsp3) is 1.00. The van der Waals surface area contributed by atoms with Crippen molar-refractivity contribution in [3.63, 3.8) is 0 Å². The number of hydrogen-bond donors (Lipinski definition) is 1. The van der Waals surface area contributed by atoms with Gasteiger partial charge in [0, 0.05) is 6.04 Å². The molecule has 14 heavy (non-hydrogen) atoms. The summed E-state index contributed by atoms with van der Waals surface area (Å²) in [5.74, 6) is 0.854. The minimum atomic E-state index is 0. The first-order valence-corrected chi connectivity index (χ1v) is 5.66. The molecule has 2 N–H and O–H groups in total. The maximum atomic E-state index is 5.85. The molecular formula is C11H25ClN2. The SMILES string of the molecule is CC(C)CCCN1CCC(N)CC1.Cl. The van der Waals surface area contributed by atoms with Crippen molar-refractivity contribution in [2.45, 2.75) is 45.6 Å². The Hall–Kier alpha value is 0.210. The van der Waals surface area contributed by atoms with Crippen LogP contribution in [0.4, 0.5) is 0 Å². The van der Waals surface area contributed by atoms with E-state index in [0.29, 0.717) is 6.04 Å².